The van der Waals surface area contributed by atoms with Crippen molar-refractivity contribution in [3.05, 3.63) is 11.8 Å². The molecule has 0 radical (unpaired) electrons. The molecule has 0 aliphatic heterocycles. The van der Waals surface area contributed by atoms with Crippen molar-refractivity contribution < 1.29 is 45.4 Å². The first-order chi connectivity index (χ1) is 7.42. The number of hydrogen-bond acceptors (Lipinski definition) is 2. The van der Waals surface area contributed by atoms with Crippen molar-refractivity contribution in [3.63, 3.8) is 0 Å². The van der Waals surface area contributed by atoms with Crippen molar-refractivity contribution in [1.82, 2.24) is 0 Å². The van der Waals surface area contributed by atoms with Crippen LogP contribution in [-0.4, -0.2) is 29.8 Å². The Labute approximate surface area is 89.5 Å². The second-order valence-corrected chi connectivity index (χ2v) is 2.73. The summed E-state index contributed by atoms with van der Waals surface area (Å²) in [5, 5.41) is 8.21. The third-order valence-electron chi connectivity index (χ3n) is 1.31. The Morgan fingerprint density at radius 3 is 2.00 bits per heavy atom. The zero-order valence-electron chi connectivity index (χ0n) is 7.77. The minimum absolute atomic E-state index is 0.598. The maximum absolute atomic E-state index is 12.8. The van der Waals surface area contributed by atoms with E-state index in [2.05, 4.69) is 4.74 Å². The first-order valence-electron chi connectivity index (χ1n) is 3.81. The van der Waals surface area contributed by atoms with Gasteiger partial charge in [-0.3, -0.25) is 0 Å². The summed E-state index contributed by atoms with van der Waals surface area (Å²) >= 11 is 0. The predicted octanol–water partition coefficient (Wildman–Crippen LogP) is 2.78. The highest BCUT2D eigenvalue weighted by Gasteiger charge is 2.37. The fourth-order valence-corrected chi connectivity index (χ4v) is 0.702. The smallest absolute Gasteiger partial charge is 0.478 e. The lowest BCUT2D eigenvalue weighted by atomic mass is 10.1. The van der Waals surface area contributed by atoms with Gasteiger partial charge in [0.1, 0.15) is 18.0 Å². The highest BCUT2D eigenvalue weighted by molar-refractivity contribution is 5.87. The zero-order chi connectivity index (χ0) is 13.9. The first kappa shape index (κ1) is 15.5. The number of alkyl halides is 7. The lowest BCUT2D eigenvalue weighted by Gasteiger charge is -2.12. The molecule has 0 heterocycles. The van der Waals surface area contributed by atoms with Gasteiger partial charge >= 0.3 is 18.5 Å². The summed E-state index contributed by atoms with van der Waals surface area (Å²) in [5.41, 5.74) is -1.76. The average Bonchev–Trinajstić information content (AvgIpc) is 1.96. The van der Waals surface area contributed by atoms with Crippen LogP contribution in [0.5, 0.6) is 0 Å². The van der Waals surface area contributed by atoms with E-state index in [1.54, 1.807) is 0 Å². The number of carboxylic acid groups (broad SMARTS) is 1. The Morgan fingerprint density at radius 1 is 1.24 bits per heavy atom. The van der Waals surface area contributed by atoms with Crippen molar-refractivity contribution in [2.45, 2.75) is 25.1 Å². The molecule has 100 valence electrons. The molecule has 0 aliphatic rings. The summed E-state index contributed by atoms with van der Waals surface area (Å²) in [4.78, 5) is 10.2. The number of carboxylic acids is 1. The summed E-state index contributed by atoms with van der Waals surface area (Å²) < 4.78 is 85.1. The Kier molecular flexibility index (Phi) is 4.78. The number of carbonyl (C=O) groups is 1. The van der Waals surface area contributed by atoms with Crippen LogP contribution in [0.2, 0.25) is 0 Å². The molecule has 0 saturated carbocycles. The van der Waals surface area contributed by atoms with Crippen molar-refractivity contribution in [2.75, 3.05) is 0 Å². The number of ether oxygens (including phenoxy) is 1. The van der Waals surface area contributed by atoms with Gasteiger partial charge in [0.2, 0.25) is 0 Å². The van der Waals surface area contributed by atoms with Crippen LogP contribution in [-0.2, 0) is 9.53 Å². The van der Waals surface area contributed by atoms with E-state index in [0.29, 0.717) is 0 Å². The van der Waals surface area contributed by atoms with E-state index in [1.807, 2.05) is 0 Å². The standard InChI is InChI=1S/C7H5F7O3/c8-4(1-6(9,10)11)3(5(15)16)2-17-7(12,13)14/h2,4H,1H2,(H,15,16). The number of rotatable bonds is 4. The molecule has 1 atom stereocenters. The summed E-state index contributed by atoms with van der Waals surface area (Å²) in [6.45, 7) is 0. The molecule has 0 bridgehead atoms. The maximum Gasteiger partial charge on any atom is 0.572 e. The highest BCUT2D eigenvalue weighted by Crippen LogP contribution is 2.27. The topological polar surface area (TPSA) is 46.5 Å². The molecule has 0 aromatic heterocycles. The fraction of sp³-hybridized carbons (Fsp3) is 0.571. The Hall–Kier alpha value is -1.48. The van der Waals surface area contributed by atoms with Crippen LogP contribution in [0.4, 0.5) is 30.7 Å². The number of halogens is 7. The Balaban J connectivity index is 4.81. The molecule has 0 aromatic rings. The van der Waals surface area contributed by atoms with Crippen LogP contribution in [0.15, 0.2) is 11.8 Å². The lowest BCUT2D eigenvalue weighted by Crippen LogP contribution is -2.23. The van der Waals surface area contributed by atoms with E-state index >= 15 is 0 Å². The van der Waals surface area contributed by atoms with E-state index in [0.717, 1.165) is 0 Å². The van der Waals surface area contributed by atoms with Gasteiger partial charge in [0.15, 0.2) is 0 Å². The van der Waals surface area contributed by atoms with Gasteiger partial charge in [0.05, 0.1) is 6.42 Å². The van der Waals surface area contributed by atoms with Gasteiger partial charge in [-0.1, -0.05) is 0 Å². The van der Waals surface area contributed by atoms with Crippen molar-refractivity contribution in [2.24, 2.45) is 0 Å². The van der Waals surface area contributed by atoms with Gasteiger partial charge in [-0.05, 0) is 0 Å². The van der Waals surface area contributed by atoms with E-state index in [-0.39, 0.29) is 0 Å². The first-order valence-corrected chi connectivity index (χ1v) is 3.81. The summed E-state index contributed by atoms with van der Waals surface area (Å²) in [6, 6.07) is 0. The average molecular weight is 270 g/mol. The molecule has 10 heteroatoms. The van der Waals surface area contributed by atoms with Crippen molar-refractivity contribution >= 4 is 5.97 Å². The van der Waals surface area contributed by atoms with Gasteiger partial charge in [0, 0.05) is 0 Å². The minimum atomic E-state index is -5.31. The molecule has 1 N–H and O–H groups in total. The predicted molar refractivity (Wildman–Crippen MR) is 38.4 cm³/mol. The van der Waals surface area contributed by atoms with Crippen LogP contribution in [0.1, 0.15) is 6.42 Å². The van der Waals surface area contributed by atoms with E-state index < -0.39 is 42.9 Å². The molecule has 0 saturated heterocycles. The van der Waals surface area contributed by atoms with Gasteiger partial charge in [0.25, 0.3) is 0 Å². The van der Waals surface area contributed by atoms with Gasteiger partial charge < -0.3 is 9.84 Å². The molecule has 0 aliphatic carbocycles. The quantitative estimate of drug-likeness (QED) is 0.485. The van der Waals surface area contributed by atoms with Gasteiger partial charge in [-0.15, -0.1) is 13.2 Å². The summed E-state index contributed by atoms with van der Waals surface area (Å²) in [6.07, 6.45) is -16.3. The largest absolute Gasteiger partial charge is 0.572 e. The van der Waals surface area contributed by atoms with Crippen LogP contribution >= 0.6 is 0 Å². The summed E-state index contributed by atoms with van der Waals surface area (Å²) in [7, 11) is 0. The van der Waals surface area contributed by atoms with E-state index in [4.69, 9.17) is 5.11 Å². The van der Waals surface area contributed by atoms with Crippen LogP contribution in [0.25, 0.3) is 0 Å². The molecule has 0 rings (SSSR count). The second kappa shape index (κ2) is 5.23. The zero-order valence-corrected chi connectivity index (χ0v) is 7.77. The summed E-state index contributed by atoms with van der Waals surface area (Å²) in [5.74, 6) is -2.27. The molecular weight excluding hydrogens is 265 g/mol. The molecule has 0 fully saturated rings. The van der Waals surface area contributed by atoms with Crippen molar-refractivity contribution in [1.29, 1.82) is 0 Å². The van der Waals surface area contributed by atoms with Crippen LogP contribution < -0.4 is 0 Å². The van der Waals surface area contributed by atoms with Crippen LogP contribution in [0, 0.1) is 0 Å². The third-order valence-corrected chi connectivity index (χ3v) is 1.31. The second-order valence-electron chi connectivity index (χ2n) is 2.73. The third kappa shape index (κ3) is 7.41. The molecule has 0 spiro atoms. The monoisotopic (exact) mass is 270 g/mol. The van der Waals surface area contributed by atoms with E-state index in [1.165, 1.54) is 0 Å². The molecule has 0 amide bonds. The highest BCUT2D eigenvalue weighted by atomic mass is 19.4. The molecule has 1 unspecified atom stereocenters. The Bertz CT molecular complexity index is 304. The molecule has 17 heavy (non-hydrogen) atoms. The molecule has 3 nitrogen and oxygen atoms in total. The van der Waals surface area contributed by atoms with Gasteiger partial charge in [-0.25, -0.2) is 9.18 Å². The van der Waals surface area contributed by atoms with Crippen molar-refractivity contribution in [3.8, 4) is 0 Å². The normalized spacial score (nSPS) is 15.6. The fourth-order valence-electron chi connectivity index (χ4n) is 0.702. The van der Waals surface area contributed by atoms with Gasteiger partial charge in [-0.2, -0.15) is 13.2 Å². The Morgan fingerprint density at radius 2 is 1.71 bits per heavy atom. The minimum Gasteiger partial charge on any atom is -0.478 e. The molecular formula is C7H5F7O3. The van der Waals surface area contributed by atoms with E-state index in [9.17, 15) is 35.5 Å². The maximum atomic E-state index is 12.8. The number of aliphatic carboxylic acids is 1. The number of hydrogen-bond donors (Lipinski definition) is 1. The van der Waals surface area contributed by atoms with Crippen LogP contribution in [0.3, 0.4) is 0 Å². The SMILES string of the molecule is O=C(O)C(=COC(F)(F)F)C(F)CC(F)(F)F. The molecule has 0 aromatic carbocycles. The lowest BCUT2D eigenvalue weighted by molar-refractivity contribution is -0.298.